The van der Waals surface area contributed by atoms with Crippen molar-refractivity contribution in [3.63, 3.8) is 0 Å². The third-order valence-corrected chi connectivity index (χ3v) is 5.19. The molecular formula is C21H27ClN2O2. The maximum atomic E-state index is 12.9. The Morgan fingerprint density at radius 2 is 2.00 bits per heavy atom. The van der Waals surface area contributed by atoms with E-state index in [2.05, 4.69) is 30.8 Å². The number of nitrogens with zero attached hydrogens (tertiary/aromatic N) is 2. The molecule has 1 aliphatic rings. The molecule has 1 saturated heterocycles. The number of aromatic nitrogens is 1. The highest BCUT2D eigenvalue weighted by Gasteiger charge is 2.29. The van der Waals surface area contributed by atoms with Crippen molar-refractivity contribution in [1.82, 2.24) is 10.1 Å². The second-order valence-corrected chi connectivity index (χ2v) is 8.62. The van der Waals surface area contributed by atoms with Gasteiger partial charge in [0.25, 0.3) is 0 Å². The first-order chi connectivity index (χ1) is 12.3. The number of rotatable bonds is 5. The summed E-state index contributed by atoms with van der Waals surface area (Å²) in [5.74, 6) is 1.05. The first kappa shape index (κ1) is 19.1. The molecule has 1 aliphatic heterocycles. The second-order valence-electron chi connectivity index (χ2n) is 8.18. The van der Waals surface area contributed by atoms with Crippen molar-refractivity contribution >= 4 is 17.4 Å². The van der Waals surface area contributed by atoms with Crippen molar-refractivity contribution in [2.75, 3.05) is 6.54 Å². The van der Waals surface area contributed by atoms with Crippen LogP contribution in [0.1, 0.15) is 57.1 Å². The van der Waals surface area contributed by atoms with Gasteiger partial charge in [-0.1, -0.05) is 56.1 Å². The van der Waals surface area contributed by atoms with E-state index in [4.69, 9.17) is 16.1 Å². The lowest BCUT2D eigenvalue weighted by atomic mass is 9.92. The van der Waals surface area contributed by atoms with E-state index in [1.54, 1.807) is 0 Å². The van der Waals surface area contributed by atoms with Gasteiger partial charge in [-0.25, -0.2) is 0 Å². The van der Waals surface area contributed by atoms with Gasteiger partial charge in [-0.15, -0.1) is 0 Å². The predicted molar refractivity (Wildman–Crippen MR) is 103 cm³/mol. The highest BCUT2D eigenvalue weighted by molar-refractivity contribution is 6.30. The summed E-state index contributed by atoms with van der Waals surface area (Å²) in [6.45, 7) is 7.96. The fourth-order valence-electron chi connectivity index (χ4n) is 3.41. The Balaban J connectivity index is 1.67. The second kappa shape index (κ2) is 7.93. The number of carbonyl (C=O) groups is 1. The zero-order chi connectivity index (χ0) is 18.7. The van der Waals surface area contributed by atoms with E-state index in [0.717, 1.165) is 48.8 Å². The van der Waals surface area contributed by atoms with Crippen molar-refractivity contribution in [2.24, 2.45) is 0 Å². The normalized spacial score (nSPS) is 18.8. The van der Waals surface area contributed by atoms with Crippen LogP contribution in [0.25, 0.3) is 0 Å². The standard InChI is InChI=1S/C21H27ClN2O2/c1-21(2,3)20-13-17(23-26-20)12-19(25)18-6-4-5-11-24(18)14-15-7-9-16(22)10-8-15/h7-10,13,18H,4-6,11-12,14H2,1-3H3/t18-/m0/s1. The lowest BCUT2D eigenvalue weighted by Gasteiger charge is -2.34. The molecule has 0 N–H and O–H groups in total. The summed E-state index contributed by atoms with van der Waals surface area (Å²) in [5.41, 5.74) is 1.82. The van der Waals surface area contributed by atoms with Crippen LogP contribution in [-0.2, 0) is 23.2 Å². The Bertz CT molecular complexity index is 746. The molecule has 0 saturated carbocycles. The first-order valence-electron chi connectivity index (χ1n) is 9.30. The molecule has 0 bridgehead atoms. The predicted octanol–water partition coefficient (Wildman–Crippen LogP) is 4.79. The van der Waals surface area contributed by atoms with E-state index in [9.17, 15) is 4.79 Å². The van der Waals surface area contributed by atoms with Gasteiger partial charge in [0.05, 0.1) is 18.2 Å². The fraction of sp³-hybridized carbons (Fsp3) is 0.524. The van der Waals surface area contributed by atoms with Gasteiger partial charge < -0.3 is 4.52 Å². The maximum absolute atomic E-state index is 12.9. The summed E-state index contributed by atoms with van der Waals surface area (Å²) >= 11 is 5.97. The minimum absolute atomic E-state index is 0.0470. The molecule has 0 spiro atoms. The molecule has 0 unspecified atom stereocenters. The summed E-state index contributed by atoms with van der Waals surface area (Å²) in [7, 11) is 0. The summed E-state index contributed by atoms with van der Waals surface area (Å²) in [4.78, 5) is 15.2. The molecule has 26 heavy (non-hydrogen) atoms. The Kier molecular flexibility index (Phi) is 5.83. The SMILES string of the molecule is CC(C)(C)c1cc(CC(=O)[C@@H]2CCCCN2Cc2ccc(Cl)cc2)no1. The van der Waals surface area contributed by atoms with Crippen LogP contribution in [0.5, 0.6) is 0 Å². The Hall–Kier alpha value is -1.65. The van der Waals surface area contributed by atoms with Crippen LogP contribution in [0, 0.1) is 0 Å². The number of hydrogen-bond donors (Lipinski definition) is 0. The third kappa shape index (κ3) is 4.74. The first-order valence-corrected chi connectivity index (χ1v) is 9.68. The summed E-state index contributed by atoms with van der Waals surface area (Å²) in [6, 6.07) is 9.75. The summed E-state index contributed by atoms with van der Waals surface area (Å²) in [6.07, 6.45) is 3.48. The van der Waals surface area contributed by atoms with Gasteiger partial charge in [0.15, 0.2) is 5.78 Å². The van der Waals surface area contributed by atoms with Crippen molar-refractivity contribution in [2.45, 2.75) is 64.5 Å². The molecule has 5 heteroatoms. The highest BCUT2D eigenvalue weighted by Crippen LogP contribution is 2.25. The molecule has 0 aliphatic carbocycles. The number of hydrogen-bond acceptors (Lipinski definition) is 4. The third-order valence-electron chi connectivity index (χ3n) is 4.94. The number of carbonyl (C=O) groups excluding carboxylic acids is 1. The van der Waals surface area contributed by atoms with Gasteiger partial charge in [-0.05, 0) is 37.1 Å². The minimum Gasteiger partial charge on any atom is -0.361 e. The number of ketones is 1. The molecule has 0 amide bonds. The molecule has 140 valence electrons. The van der Waals surface area contributed by atoms with E-state index < -0.39 is 0 Å². The van der Waals surface area contributed by atoms with Gasteiger partial charge in [-0.2, -0.15) is 0 Å². The summed E-state index contributed by atoms with van der Waals surface area (Å²) in [5, 5.41) is 4.84. The molecule has 0 radical (unpaired) electrons. The molecule has 1 aromatic heterocycles. The number of piperidine rings is 1. The van der Waals surface area contributed by atoms with Gasteiger partial charge in [0.2, 0.25) is 0 Å². The summed E-state index contributed by atoms with van der Waals surface area (Å²) < 4.78 is 5.42. The molecule has 1 fully saturated rings. The van der Waals surface area contributed by atoms with Crippen LogP contribution >= 0.6 is 11.6 Å². The number of Topliss-reactive ketones (excluding diaryl/α,β-unsaturated/α-hetero) is 1. The van der Waals surface area contributed by atoms with Crippen molar-refractivity contribution in [3.05, 3.63) is 52.4 Å². The molecule has 3 rings (SSSR count). The molecule has 1 aromatic carbocycles. The van der Waals surface area contributed by atoms with Crippen LogP contribution in [-0.4, -0.2) is 28.4 Å². The van der Waals surface area contributed by atoms with E-state index in [-0.39, 0.29) is 17.2 Å². The molecule has 1 atom stereocenters. The van der Waals surface area contributed by atoms with E-state index >= 15 is 0 Å². The number of halogens is 1. The van der Waals surface area contributed by atoms with Gasteiger partial charge in [0.1, 0.15) is 5.76 Å². The lowest BCUT2D eigenvalue weighted by Crippen LogP contribution is -2.44. The topological polar surface area (TPSA) is 46.3 Å². The van der Waals surface area contributed by atoms with Crippen LogP contribution < -0.4 is 0 Å². The largest absolute Gasteiger partial charge is 0.361 e. The zero-order valence-electron chi connectivity index (χ0n) is 15.8. The Labute approximate surface area is 160 Å². The number of likely N-dealkylation sites (tertiary alicyclic amines) is 1. The van der Waals surface area contributed by atoms with Gasteiger partial charge >= 0.3 is 0 Å². The van der Waals surface area contributed by atoms with E-state index in [0.29, 0.717) is 6.42 Å². The zero-order valence-corrected chi connectivity index (χ0v) is 16.6. The van der Waals surface area contributed by atoms with Crippen molar-refractivity contribution < 1.29 is 9.32 Å². The quantitative estimate of drug-likeness (QED) is 0.754. The monoisotopic (exact) mass is 374 g/mol. The Morgan fingerprint density at radius 1 is 1.27 bits per heavy atom. The van der Waals surface area contributed by atoms with Crippen LogP contribution in [0.2, 0.25) is 5.02 Å². The van der Waals surface area contributed by atoms with E-state index in [1.807, 2.05) is 30.3 Å². The fourth-order valence-corrected chi connectivity index (χ4v) is 3.54. The number of benzene rings is 1. The molecule has 2 heterocycles. The van der Waals surface area contributed by atoms with Crippen LogP contribution in [0.4, 0.5) is 0 Å². The van der Waals surface area contributed by atoms with Gasteiger partial charge in [-0.3, -0.25) is 9.69 Å². The average molecular weight is 375 g/mol. The molecule has 4 nitrogen and oxygen atoms in total. The minimum atomic E-state index is -0.0975. The highest BCUT2D eigenvalue weighted by atomic mass is 35.5. The smallest absolute Gasteiger partial charge is 0.156 e. The molecular weight excluding hydrogens is 348 g/mol. The van der Waals surface area contributed by atoms with Crippen molar-refractivity contribution in [3.8, 4) is 0 Å². The van der Waals surface area contributed by atoms with Crippen LogP contribution in [0.3, 0.4) is 0 Å². The molecule has 2 aromatic rings. The Morgan fingerprint density at radius 3 is 2.65 bits per heavy atom. The van der Waals surface area contributed by atoms with Crippen LogP contribution in [0.15, 0.2) is 34.9 Å². The van der Waals surface area contributed by atoms with E-state index in [1.165, 1.54) is 5.56 Å². The van der Waals surface area contributed by atoms with Crippen molar-refractivity contribution in [1.29, 1.82) is 0 Å². The van der Waals surface area contributed by atoms with Gasteiger partial charge in [0, 0.05) is 23.0 Å². The lowest BCUT2D eigenvalue weighted by molar-refractivity contribution is -0.125. The average Bonchev–Trinajstić information content (AvgIpc) is 3.06. The maximum Gasteiger partial charge on any atom is 0.156 e.